The molecule has 1 heterocycles. The fourth-order valence-corrected chi connectivity index (χ4v) is 2.10. The van der Waals surface area contributed by atoms with Crippen LogP contribution in [-0.2, 0) is 11.3 Å². The molecule has 0 spiro atoms. The number of aliphatic carboxylic acids is 1. The van der Waals surface area contributed by atoms with Crippen LogP contribution in [0.1, 0.15) is 12.8 Å². The lowest BCUT2D eigenvalue weighted by Gasteiger charge is -2.16. The van der Waals surface area contributed by atoms with Gasteiger partial charge in [0, 0.05) is 17.1 Å². The van der Waals surface area contributed by atoms with Gasteiger partial charge in [-0.25, -0.2) is 0 Å². The molecule has 2 aromatic rings. The molecule has 7 heteroatoms. The van der Waals surface area contributed by atoms with Gasteiger partial charge in [0.05, 0.1) is 12.5 Å². The van der Waals surface area contributed by atoms with E-state index >= 15 is 0 Å². The zero-order valence-corrected chi connectivity index (χ0v) is 12.5. The smallest absolute Gasteiger partial charge is 0.307 e. The van der Waals surface area contributed by atoms with Gasteiger partial charge in [-0.15, -0.1) is 0 Å². The van der Waals surface area contributed by atoms with Crippen molar-refractivity contribution < 1.29 is 14.4 Å². The maximum absolute atomic E-state index is 10.8. The van der Waals surface area contributed by atoms with E-state index in [2.05, 4.69) is 10.1 Å². The number of hydrogen-bond acceptors (Lipinski definition) is 5. The van der Waals surface area contributed by atoms with Crippen LogP contribution < -0.4 is 0 Å². The average molecular weight is 310 g/mol. The quantitative estimate of drug-likeness (QED) is 0.883. The number of aromatic nitrogens is 2. The van der Waals surface area contributed by atoms with E-state index in [9.17, 15) is 4.79 Å². The van der Waals surface area contributed by atoms with Crippen molar-refractivity contribution in [1.82, 2.24) is 15.0 Å². The highest BCUT2D eigenvalue weighted by atomic mass is 35.5. The van der Waals surface area contributed by atoms with E-state index in [4.69, 9.17) is 21.2 Å². The summed E-state index contributed by atoms with van der Waals surface area (Å²) in [5.41, 5.74) is 0.777. The van der Waals surface area contributed by atoms with Crippen LogP contribution in [0, 0.1) is 5.92 Å². The van der Waals surface area contributed by atoms with Crippen LogP contribution in [0.4, 0.5) is 0 Å². The second-order valence-electron chi connectivity index (χ2n) is 4.96. The van der Waals surface area contributed by atoms with E-state index < -0.39 is 11.9 Å². The molecule has 0 fully saturated rings. The van der Waals surface area contributed by atoms with Gasteiger partial charge in [0.25, 0.3) is 0 Å². The van der Waals surface area contributed by atoms with Crippen LogP contribution in [0.25, 0.3) is 11.4 Å². The number of halogens is 1. The highest BCUT2D eigenvalue weighted by Crippen LogP contribution is 2.20. The highest BCUT2D eigenvalue weighted by molar-refractivity contribution is 6.30. The number of nitrogens with zero attached hydrogens (tertiary/aromatic N) is 3. The van der Waals surface area contributed by atoms with Gasteiger partial charge < -0.3 is 9.63 Å². The van der Waals surface area contributed by atoms with Gasteiger partial charge in [0.15, 0.2) is 0 Å². The maximum atomic E-state index is 10.8. The number of hydrogen-bond donors (Lipinski definition) is 1. The molecule has 1 atom stereocenters. The van der Waals surface area contributed by atoms with Gasteiger partial charge in [0.2, 0.25) is 11.7 Å². The molecule has 1 aromatic heterocycles. The molecule has 1 unspecified atom stereocenters. The third-order valence-corrected chi connectivity index (χ3v) is 3.20. The summed E-state index contributed by atoms with van der Waals surface area (Å²) in [5, 5.41) is 13.4. The Labute approximate surface area is 127 Å². The molecule has 0 radical (unpaired) electrons. The summed E-state index contributed by atoms with van der Waals surface area (Å²) in [7, 11) is 1.81. The highest BCUT2D eigenvalue weighted by Gasteiger charge is 2.16. The third-order valence-electron chi connectivity index (χ3n) is 2.96. The van der Waals surface area contributed by atoms with Crippen LogP contribution in [0.15, 0.2) is 28.8 Å². The standard InChI is InChI=1S/C14H16ClN3O3/c1-9(14(19)20)7-18(2)8-12-16-13(17-21-12)10-4-3-5-11(15)6-10/h3-6,9H,7-8H2,1-2H3,(H,19,20). The van der Waals surface area contributed by atoms with Gasteiger partial charge in [-0.3, -0.25) is 9.69 Å². The van der Waals surface area contributed by atoms with Gasteiger partial charge in [-0.2, -0.15) is 4.98 Å². The molecule has 21 heavy (non-hydrogen) atoms. The fraction of sp³-hybridized carbons (Fsp3) is 0.357. The predicted molar refractivity (Wildman–Crippen MR) is 77.9 cm³/mol. The van der Waals surface area contributed by atoms with Crippen molar-refractivity contribution >= 4 is 17.6 Å². The summed E-state index contributed by atoms with van der Waals surface area (Å²) in [6.45, 7) is 2.46. The van der Waals surface area contributed by atoms with Crippen molar-refractivity contribution in [3.8, 4) is 11.4 Å². The van der Waals surface area contributed by atoms with E-state index in [-0.39, 0.29) is 0 Å². The lowest BCUT2D eigenvalue weighted by molar-refractivity contribution is -0.141. The van der Waals surface area contributed by atoms with Crippen molar-refractivity contribution in [2.24, 2.45) is 5.92 Å². The lowest BCUT2D eigenvalue weighted by Crippen LogP contribution is -2.28. The van der Waals surface area contributed by atoms with Gasteiger partial charge in [-0.1, -0.05) is 35.8 Å². The second kappa shape index (κ2) is 6.69. The number of benzene rings is 1. The first kappa shape index (κ1) is 15.5. The number of carboxylic acids is 1. The third kappa shape index (κ3) is 4.27. The van der Waals surface area contributed by atoms with Gasteiger partial charge >= 0.3 is 5.97 Å². The number of carbonyl (C=O) groups is 1. The predicted octanol–water partition coefficient (Wildman–Crippen LogP) is 2.54. The minimum Gasteiger partial charge on any atom is -0.481 e. The first-order valence-electron chi connectivity index (χ1n) is 6.45. The SMILES string of the molecule is CC(CN(C)Cc1nc(-c2cccc(Cl)c2)no1)C(=O)O. The van der Waals surface area contributed by atoms with E-state index in [1.165, 1.54) is 0 Å². The van der Waals surface area contributed by atoms with Gasteiger partial charge in [0.1, 0.15) is 0 Å². The van der Waals surface area contributed by atoms with E-state index in [1.54, 1.807) is 19.1 Å². The molecule has 0 amide bonds. The van der Waals surface area contributed by atoms with E-state index in [0.29, 0.717) is 29.8 Å². The molecule has 0 bridgehead atoms. The summed E-state index contributed by atoms with van der Waals surface area (Å²) in [5.74, 6) is -0.380. The summed E-state index contributed by atoms with van der Waals surface area (Å²) >= 11 is 5.92. The summed E-state index contributed by atoms with van der Waals surface area (Å²) in [4.78, 5) is 16.9. The Hall–Kier alpha value is -1.92. The Kier molecular flexibility index (Phi) is 4.93. The van der Waals surface area contributed by atoms with Crippen LogP contribution in [0.3, 0.4) is 0 Å². The Balaban J connectivity index is 2.02. The molecule has 1 aromatic carbocycles. The monoisotopic (exact) mass is 309 g/mol. The summed E-state index contributed by atoms with van der Waals surface area (Å²) in [6.07, 6.45) is 0. The lowest BCUT2D eigenvalue weighted by atomic mass is 10.2. The Morgan fingerprint density at radius 3 is 2.95 bits per heavy atom. The Morgan fingerprint density at radius 1 is 1.52 bits per heavy atom. The van der Waals surface area contributed by atoms with Crippen molar-refractivity contribution in [3.05, 3.63) is 35.2 Å². The molecule has 6 nitrogen and oxygen atoms in total. The topological polar surface area (TPSA) is 79.5 Å². The van der Waals surface area contributed by atoms with Crippen LogP contribution in [-0.4, -0.2) is 39.7 Å². The molecule has 1 N–H and O–H groups in total. The van der Waals surface area contributed by atoms with Crippen molar-refractivity contribution in [3.63, 3.8) is 0 Å². The molecule has 0 aliphatic carbocycles. The summed E-state index contributed by atoms with van der Waals surface area (Å²) in [6, 6.07) is 7.19. The second-order valence-corrected chi connectivity index (χ2v) is 5.39. The molecular weight excluding hydrogens is 294 g/mol. The first-order chi connectivity index (χ1) is 9.95. The van der Waals surface area contributed by atoms with Crippen molar-refractivity contribution in [1.29, 1.82) is 0 Å². The zero-order chi connectivity index (χ0) is 15.4. The van der Waals surface area contributed by atoms with Crippen molar-refractivity contribution in [2.45, 2.75) is 13.5 Å². The molecular formula is C14H16ClN3O3. The van der Waals surface area contributed by atoms with Crippen LogP contribution >= 0.6 is 11.6 Å². The van der Waals surface area contributed by atoms with Crippen LogP contribution in [0.5, 0.6) is 0 Å². The zero-order valence-electron chi connectivity index (χ0n) is 11.8. The normalized spacial score (nSPS) is 12.6. The minimum absolute atomic E-state index is 0.394. The number of rotatable bonds is 6. The Morgan fingerprint density at radius 2 is 2.29 bits per heavy atom. The fourth-order valence-electron chi connectivity index (χ4n) is 1.90. The minimum atomic E-state index is -0.827. The molecule has 0 aliphatic rings. The van der Waals surface area contributed by atoms with Crippen LogP contribution in [0.2, 0.25) is 5.02 Å². The molecule has 112 valence electrons. The molecule has 2 rings (SSSR count). The first-order valence-corrected chi connectivity index (χ1v) is 6.83. The van der Waals surface area contributed by atoms with Gasteiger partial charge in [-0.05, 0) is 19.2 Å². The number of carboxylic acid groups (broad SMARTS) is 1. The largest absolute Gasteiger partial charge is 0.481 e. The average Bonchev–Trinajstić information content (AvgIpc) is 2.86. The molecule has 0 saturated carbocycles. The van der Waals surface area contributed by atoms with E-state index in [0.717, 1.165) is 5.56 Å². The molecule has 0 saturated heterocycles. The maximum Gasteiger partial charge on any atom is 0.307 e. The van der Waals surface area contributed by atoms with Crippen molar-refractivity contribution in [2.75, 3.05) is 13.6 Å². The Bertz CT molecular complexity index is 629. The van der Waals surface area contributed by atoms with E-state index in [1.807, 2.05) is 24.1 Å². The summed E-state index contributed by atoms with van der Waals surface area (Å²) < 4.78 is 5.18. The molecule has 0 aliphatic heterocycles.